The van der Waals surface area contributed by atoms with Gasteiger partial charge in [-0.1, -0.05) is 6.07 Å². The third kappa shape index (κ3) is 7.50. The summed E-state index contributed by atoms with van der Waals surface area (Å²) in [5, 5.41) is 8.18. The predicted octanol–water partition coefficient (Wildman–Crippen LogP) is 3.56. The summed E-state index contributed by atoms with van der Waals surface area (Å²) in [5.41, 5.74) is 1.93. The normalized spacial score (nSPS) is 18.6. The van der Waals surface area contributed by atoms with Gasteiger partial charge >= 0.3 is 6.18 Å². The number of alkyl halides is 3. The first-order chi connectivity index (χ1) is 18.5. The van der Waals surface area contributed by atoms with Crippen LogP contribution < -0.4 is 20.9 Å². The Morgan fingerprint density at radius 1 is 1.00 bits per heavy atom. The molecule has 2 saturated heterocycles. The van der Waals surface area contributed by atoms with Crippen LogP contribution in [0.1, 0.15) is 47.7 Å². The average Bonchev–Trinajstić information content (AvgIpc) is 3.36. The van der Waals surface area contributed by atoms with E-state index in [1.807, 2.05) is 19.1 Å². The summed E-state index contributed by atoms with van der Waals surface area (Å²) in [4.78, 5) is 40.7. The summed E-state index contributed by atoms with van der Waals surface area (Å²) >= 11 is 0. The maximum atomic E-state index is 12.9. The fourth-order valence-corrected chi connectivity index (χ4v) is 5.28. The quantitative estimate of drug-likeness (QED) is 0.495. The van der Waals surface area contributed by atoms with Crippen molar-refractivity contribution < 1.29 is 27.6 Å². The van der Waals surface area contributed by atoms with E-state index in [1.165, 1.54) is 19.1 Å². The Hall–Kier alpha value is -3.60. The van der Waals surface area contributed by atoms with E-state index >= 15 is 0 Å². The third-order valence-corrected chi connectivity index (χ3v) is 7.31. The average molecular weight is 546 g/mol. The van der Waals surface area contributed by atoms with Gasteiger partial charge in [-0.25, -0.2) is 0 Å². The van der Waals surface area contributed by atoms with Crippen LogP contribution in [0.15, 0.2) is 42.5 Å². The van der Waals surface area contributed by atoms with Crippen LogP contribution >= 0.6 is 0 Å². The molecule has 0 unspecified atom stereocenters. The number of anilines is 2. The smallest absolute Gasteiger partial charge is 0.371 e. The minimum absolute atomic E-state index is 0.0371. The number of halogens is 3. The van der Waals surface area contributed by atoms with E-state index in [0.717, 1.165) is 74.5 Å². The number of nitrogens with one attached hydrogen (secondary N) is 3. The first-order valence-electron chi connectivity index (χ1n) is 13.1. The molecule has 2 aliphatic rings. The molecule has 2 fully saturated rings. The summed E-state index contributed by atoms with van der Waals surface area (Å²) in [6.07, 6.45) is -1.74. The molecular formula is C28H34F3N5O3. The number of aryl methyl sites for hydroxylation is 1. The van der Waals surface area contributed by atoms with Gasteiger partial charge in [0.05, 0.1) is 12.1 Å². The second kappa shape index (κ2) is 12.1. The number of piperidine rings is 1. The Labute approximate surface area is 225 Å². The van der Waals surface area contributed by atoms with E-state index < -0.39 is 17.6 Å². The van der Waals surface area contributed by atoms with E-state index in [0.29, 0.717) is 6.04 Å². The number of hydrogen-bond donors (Lipinski definition) is 3. The Bertz CT molecular complexity index is 1210. The van der Waals surface area contributed by atoms with Gasteiger partial charge in [0.15, 0.2) is 0 Å². The maximum absolute atomic E-state index is 12.9. The highest BCUT2D eigenvalue weighted by Crippen LogP contribution is 2.30. The minimum Gasteiger partial charge on any atom is -0.371 e. The van der Waals surface area contributed by atoms with Crippen LogP contribution in [-0.2, 0) is 15.8 Å². The third-order valence-electron chi connectivity index (χ3n) is 7.31. The van der Waals surface area contributed by atoms with Gasteiger partial charge in [-0.3, -0.25) is 19.3 Å². The zero-order valence-electron chi connectivity index (χ0n) is 22.1. The molecule has 2 aromatic carbocycles. The highest BCUT2D eigenvalue weighted by atomic mass is 19.4. The lowest BCUT2D eigenvalue weighted by Gasteiger charge is -2.38. The fraction of sp³-hybridized carbons (Fsp3) is 0.464. The molecule has 0 spiro atoms. The number of carbonyl (C=O) groups excluding carboxylic acids is 3. The maximum Gasteiger partial charge on any atom is 0.416 e. The summed E-state index contributed by atoms with van der Waals surface area (Å²) in [7, 11) is 0. The molecule has 2 heterocycles. The number of amides is 3. The molecule has 0 aliphatic carbocycles. The number of hydrogen-bond acceptors (Lipinski definition) is 5. The van der Waals surface area contributed by atoms with Crippen molar-refractivity contribution in [2.75, 3.05) is 42.9 Å². The van der Waals surface area contributed by atoms with Crippen molar-refractivity contribution in [3.05, 3.63) is 59.2 Å². The van der Waals surface area contributed by atoms with Crippen molar-refractivity contribution in [3.63, 3.8) is 0 Å². The second-order valence-electron chi connectivity index (χ2n) is 10.2. The van der Waals surface area contributed by atoms with Crippen molar-refractivity contribution in [3.8, 4) is 0 Å². The lowest BCUT2D eigenvalue weighted by atomic mass is 10.0. The first-order valence-corrected chi connectivity index (χ1v) is 13.1. The molecule has 4 rings (SSSR count). The largest absolute Gasteiger partial charge is 0.416 e. The van der Waals surface area contributed by atoms with Crippen LogP contribution in [0.2, 0.25) is 0 Å². The summed E-state index contributed by atoms with van der Waals surface area (Å²) in [6.45, 7) is 6.60. The molecule has 3 amide bonds. The van der Waals surface area contributed by atoms with Gasteiger partial charge in [-0.05, 0) is 68.1 Å². The van der Waals surface area contributed by atoms with Gasteiger partial charge < -0.3 is 20.9 Å². The Morgan fingerprint density at radius 2 is 1.74 bits per heavy atom. The van der Waals surface area contributed by atoms with Gasteiger partial charge in [-0.15, -0.1) is 0 Å². The van der Waals surface area contributed by atoms with E-state index in [2.05, 4.69) is 31.8 Å². The molecule has 8 nitrogen and oxygen atoms in total. The van der Waals surface area contributed by atoms with Crippen LogP contribution in [0.25, 0.3) is 0 Å². The van der Waals surface area contributed by atoms with Gasteiger partial charge in [0.25, 0.3) is 5.91 Å². The molecular weight excluding hydrogens is 511 g/mol. The highest BCUT2D eigenvalue weighted by molar-refractivity contribution is 5.96. The number of likely N-dealkylation sites (tertiary alicyclic amines) is 1. The fourth-order valence-electron chi connectivity index (χ4n) is 5.28. The Kier molecular flexibility index (Phi) is 8.79. The van der Waals surface area contributed by atoms with Crippen molar-refractivity contribution in [2.24, 2.45) is 0 Å². The molecule has 0 aromatic heterocycles. The van der Waals surface area contributed by atoms with Gasteiger partial charge in [-0.2, -0.15) is 13.2 Å². The molecule has 3 N–H and O–H groups in total. The molecule has 2 aliphatic heterocycles. The monoisotopic (exact) mass is 545 g/mol. The topological polar surface area (TPSA) is 93.8 Å². The van der Waals surface area contributed by atoms with Gasteiger partial charge in [0.2, 0.25) is 11.8 Å². The molecule has 210 valence electrons. The van der Waals surface area contributed by atoms with Crippen LogP contribution in [0, 0.1) is 6.92 Å². The summed E-state index contributed by atoms with van der Waals surface area (Å²) < 4.78 is 38.7. The standard InChI is InChI=1S/C28H34F3N5O3/c1-18-14-24(6-7-25(18)33-19(2)37)35-12-9-23(10-13-35)36-11-8-22(17-36)34-26(38)16-32-27(39)20-4-3-5-21(15-20)28(29,30)31/h3-7,14-15,22-23H,8-13,16-17H2,1-2H3,(H,32,39)(H,33,37)(H,34,38)/t22-/m1/s1. The SMILES string of the molecule is CC(=O)Nc1ccc(N2CCC(N3CC[C@@H](NC(=O)CNC(=O)c4cccc(C(F)(F)F)c4)C3)CC2)cc1C. The summed E-state index contributed by atoms with van der Waals surface area (Å²) in [6, 6.07) is 10.6. The molecule has 0 saturated carbocycles. The van der Waals surface area contributed by atoms with Gasteiger partial charge in [0.1, 0.15) is 0 Å². The van der Waals surface area contributed by atoms with Crippen molar-refractivity contribution in [1.82, 2.24) is 15.5 Å². The van der Waals surface area contributed by atoms with Crippen LogP contribution in [0.5, 0.6) is 0 Å². The van der Waals surface area contributed by atoms with Crippen LogP contribution in [0.3, 0.4) is 0 Å². The zero-order valence-corrected chi connectivity index (χ0v) is 22.1. The molecule has 39 heavy (non-hydrogen) atoms. The number of nitrogens with zero attached hydrogens (tertiary/aromatic N) is 2. The lowest BCUT2D eigenvalue weighted by molar-refractivity contribution is -0.137. The second-order valence-corrected chi connectivity index (χ2v) is 10.2. The number of benzene rings is 2. The summed E-state index contributed by atoms with van der Waals surface area (Å²) in [5.74, 6) is -1.18. The van der Waals surface area contributed by atoms with E-state index in [9.17, 15) is 27.6 Å². The molecule has 0 bridgehead atoms. The van der Waals surface area contributed by atoms with Crippen molar-refractivity contribution in [1.29, 1.82) is 0 Å². The van der Waals surface area contributed by atoms with Crippen LogP contribution in [-0.4, -0.2) is 67.4 Å². The van der Waals surface area contributed by atoms with Gasteiger partial charge in [0, 0.05) is 62.1 Å². The molecule has 11 heteroatoms. The van der Waals surface area contributed by atoms with Crippen molar-refractivity contribution >= 4 is 29.1 Å². The highest BCUT2D eigenvalue weighted by Gasteiger charge is 2.32. The van der Waals surface area contributed by atoms with E-state index in [4.69, 9.17) is 0 Å². The van der Waals surface area contributed by atoms with Crippen molar-refractivity contribution in [2.45, 2.75) is 51.4 Å². The predicted molar refractivity (Wildman–Crippen MR) is 143 cm³/mol. The molecule has 0 radical (unpaired) electrons. The first kappa shape index (κ1) is 28.4. The lowest BCUT2D eigenvalue weighted by Crippen LogP contribution is -2.46. The number of rotatable bonds is 7. The van der Waals surface area contributed by atoms with E-state index in [1.54, 1.807) is 0 Å². The zero-order chi connectivity index (χ0) is 28.2. The minimum atomic E-state index is -4.54. The number of carbonyl (C=O) groups is 3. The Morgan fingerprint density at radius 3 is 2.41 bits per heavy atom. The Balaban J connectivity index is 1.20. The molecule has 1 atom stereocenters. The molecule has 2 aromatic rings. The van der Waals surface area contributed by atoms with E-state index in [-0.39, 0.29) is 30.0 Å². The van der Waals surface area contributed by atoms with Crippen LogP contribution in [0.4, 0.5) is 24.5 Å².